The van der Waals surface area contributed by atoms with Gasteiger partial charge in [-0.1, -0.05) is 23.8 Å². The van der Waals surface area contributed by atoms with Crippen LogP contribution in [0.5, 0.6) is 0 Å². The van der Waals surface area contributed by atoms with Gasteiger partial charge in [0.25, 0.3) is 0 Å². The standard InChI is InChI=1S/C15H23ClN2/c1-12-4-5-14(13(2)10-12)15(16)11-18-8-6-17(3)7-9-18/h4-5,10,15H,6-9,11H2,1-3H3. The Hall–Kier alpha value is -0.570. The van der Waals surface area contributed by atoms with E-state index in [-0.39, 0.29) is 5.38 Å². The molecule has 1 unspecified atom stereocenters. The van der Waals surface area contributed by atoms with Crippen molar-refractivity contribution in [2.75, 3.05) is 39.8 Å². The molecule has 2 nitrogen and oxygen atoms in total. The summed E-state index contributed by atoms with van der Waals surface area (Å²) in [4.78, 5) is 4.84. The zero-order valence-corrected chi connectivity index (χ0v) is 12.4. The smallest absolute Gasteiger partial charge is 0.0714 e. The fourth-order valence-corrected chi connectivity index (χ4v) is 2.97. The first-order valence-corrected chi connectivity index (χ1v) is 7.12. The average Bonchev–Trinajstić information content (AvgIpc) is 2.32. The van der Waals surface area contributed by atoms with Crippen molar-refractivity contribution in [2.24, 2.45) is 0 Å². The monoisotopic (exact) mass is 266 g/mol. The number of hydrogen-bond acceptors (Lipinski definition) is 2. The Bertz CT molecular complexity index is 397. The molecule has 3 heteroatoms. The first-order chi connectivity index (χ1) is 8.56. The van der Waals surface area contributed by atoms with Gasteiger partial charge in [-0.3, -0.25) is 4.90 Å². The number of piperazine rings is 1. The summed E-state index contributed by atoms with van der Waals surface area (Å²) in [5, 5.41) is 0.106. The van der Waals surface area contributed by atoms with Crippen molar-refractivity contribution in [3.05, 3.63) is 34.9 Å². The SMILES string of the molecule is Cc1ccc(C(Cl)CN2CCN(C)CC2)c(C)c1. The van der Waals surface area contributed by atoms with Crippen LogP contribution in [0.1, 0.15) is 22.1 Å². The summed E-state index contributed by atoms with van der Waals surface area (Å²) < 4.78 is 0. The molecule has 1 aromatic carbocycles. The number of alkyl halides is 1. The number of likely N-dealkylation sites (N-methyl/N-ethyl adjacent to an activating group) is 1. The summed E-state index contributed by atoms with van der Waals surface area (Å²) in [5.74, 6) is 0. The number of benzene rings is 1. The lowest BCUT2D eigenvalue weighted by atomic mass is 10.0. The number of hydrogen-bond donors (Lipinski definition) is 0. The molecule has 18 heavy (non-hydrogen) atoms. The van der Waals surface area contributed by atoms with Crippen LogP contribution in [0.25, 0.3) is 0 Å². The van der Waals surface area contributed by atoms with Crippen LogP contribution in [0.15, 0.2) is 18.2 Å². The van der Waals surface area contributed by atoms with Crippen LogP contribution in [0.2, 0.25) is 0 Å². The molecule has 0 saturated carbocycles. The van der Waals surface area contributed by atoms with Crippen molar-refractivity contribution >= 4 is 11.6 Å². The highest BCUT2D eigenvalue weighted by Gasteiger charge is 2.18. The van der Waals surface area contributed by atoms with Crippen molar-refractivity contribution in [3.63, 3.8) is 0 Å². The highest BCUT2D eigenvalue weighted by Crippen LogP contribution is 2.25. The van der Waals surface area contributed by atoms with E-state index in [2.05, 4.69) is 48.9 Å². The number of rotatable bonds is 3. The van der Waals surface area contributed by atoms with Gasteiger partial charge in [0.05, 0.1) is 5.38 Å². The van der Waals surface area contributed by atoms with Crippen LogP contribution in [0, 0.1) is 13.8 Å². The molecule has 0 aliphatic carbocycles. The molecule has 100 valence electrons. The Morgan fingerprint density at radius 2 is 1.83 bits per heavy atom. The van der Waals surface area contributed by atoms with Gasteiger partial charge in [0.15, 0.2) is 0 Å². The number of aryl methyl sites for hydroxylation is 2. The molecule has 1 aromatic rings. The Morgan fingerprint density at radius 1 is 1.17 bits per heavy atom. The van der Waals surface area contributed by atoms with E-state index in [1.807, 2.05) is 0 Å². The largest absolute Gasteiger partial charge is 0.304 e. The fraction of sp³-hybridized carbons (Fsp3) is 0.600. The first-order valence-electron chi connectivity index (χ1n) is 6.68. The minimum Gasteiger partial charge on any atom is -0.304 e. The lowest BCUT2D eigenvalue weighted by Crippen LogP contribution is -2.45. The molecule has 0 aromatic heterocycles. The molecule has 0 bridgehead atoms. The van der Waals surface area contributed by atoms with E-state index in [0.29, 0.717) is 0 Å². The van der Waals surface area contributed by atoms with Gasteiger partial charge >= 0.3 is 0 Å². The molecule has 1 atom stereocenters. The summed E-state index contributed by atoms with van der Waals surface area (Å²) >= 11 is 6.58. The van der Waals surface area contributed by atoms with Crippen LogP contribution >= 0.6 is 11.6 Å². The zero-order chi connectivity index (χ0) is 13.1. The van der Waals surface area contributed by atoms with Gasteiger partial charge in [0.2, 0.25) is 0 Å². The third kappa shape index (κ3) is 3.47. The second-order valence-corrected chi connectivity index (χ2v) is 5.96. The van der Waals surface area contributed by atoms with E-state index in [1.165, 1.54) is 16.7 Å². The van der Waals surface area contributed by atoms with Crippen LogP contribution in [-0.2, 0) is 0 Å². The first kappa shape index (κ1) is 13.9. The quantitative estimate of drug-likeness (QED) is 0.777. The molecule has 0 radical (unpaired) electrons. The second-order valence-electron chi connectivity index (χ2n) is 5.43. The maximum absolute atomic E-state index is 6.58. The summed E-state index contributed by atoms with van der Waals surface area (Å²) in [5.41, 5.74) is 3.89. The van der Waals surface area contributed by atoms with Gasteiger partial charge in [-0.2, -0.15) is 0 Å². The van der Waals surface area contributed by atoms with Gasteiger partial charge < -0.3 is 4.90 Å². The third-order valence-corrected chi connectivity index (χ3v) is 4.15. The Labute approximate surface area is 116 Å². The molecule has 1 aliphatic heterocycles. The summed E-state index contributed by atoms with van der Waals surface area (Å²) in [6.07, 6.45) is 0. The van der Waals surface area contributed by atoms with Crippen molar-refractivity contribution in [1.29, 1.82) is 0 Å². The second kappa shape index (κ2) is 6.05. The van der Waals surface area contributed by atoms with Crippen molar-refractivity contribution < 1.29 is 0 Å². The molecule has 0 N–H and O–H groups in total. The molecule has 2 rings (SSSR count). The molecule has 1 fully saturated rings. The van der Waals surface area contributed by atoms with Gasteiger partial charge in [-0.15, -0.1) is 11.6 Å². The molecule has 1 heterocycles. The van der Waals surface area contributed by atoms with Gasteiger partial charge in [-0.05, 0) is 32.0 Å². The van der Waals surface area contributed by atoms with Crippen LogP contribution in [0.3, 0.4) is 0 Å². The summed E-state index contributed by atoms with van der Waals surface area (Å²) in [6.45, 7) is 9.80. The van der Waals surface area contributed by atoms with Crippen LogP contribution in [0.4, 0.5) is 0 Å². The van der Waals surface area contributed by atoms with Gasteiger partial charge in [0, 0.05) is 32.7 Å². The lowest BCUT2D eigenvalue weighted by Gasteiger charge is -2.33. The average molecular weight is 267 g/mol. The predicted molar refractivity (Wildman–Crippen MR) is 78.4 cm³/mol. The summed E-state index contributed by atoms with van der Waals surface area (Å²) in [7, 11) is 2.18. The third-order valence-electron chi connectivity index (χ3n) is 3.78. The molecule has 0 amide bonds. The van der Waals surface area contributed by atoms with E-state index in [1.54, 1.807) is 0 Å². The van der Waals surface area contributed by atoms with Crippen molar-refractivity contribution in [2.45, 2.75) is 19.2 Å². The van der Waals surface area contributed by atoms with E-state index in [9.17, 15) is 0 Å². The van der Waals surface area contributed by atoms with Crippen molar-refractivity contribution in [3.8, 4) is 0 Å². The van der Waals surface area contributed by atoms with Crippen LogP contribution < -0.4 is 0 Å². The topological polar surface area (TPSA) is 6.48 Å². The number of nitrogens with zero attached hydrogens (tertiary/aromatic N) is 2. The minimum atomic E-state index is 0.106. The molecular formula is C15H23ClN2. The fourth-order valence-electron chi connectivity index (χ4n) is 2.53. The zero-order valence-electron chi connectivity index (χ0n) is 11.6. The molecule has 0 spiro atoms. The van der Waals surface area contributed by atoms with Gasteiger partial charge in [0.1, 0.15) is 0 Å². The van der Waals surface area contributed by atoms with Gasteiger partial charge in [-0.25, -0.2) is 0 Å². The minimum absolute atomic E-state index is 0.106. The van der Waals surface area contributed by atoms with E-state index in [0.717, 1.165) is 32.7 Å². The normalized spacial score (nSPS) is 20.0. The predicted octanol–water partition coefficient (Wildman–Crippen LogP) is 2.83. The Morgan fingerprint density at radius 3 is 2.44 bits per heavy atom. The lowest BCUT2D eigenvalue weighted by molar-refractivity contribution is 0.154. The van der Waals surface area contributed by atoms with Crippen LogP contribution in [-0.4, -0.2) is 49.6 Å². The molecular weight excluding hydrogens is 244 g/mol. The van der Waals surface area contributed by atoms with E-state index < -0.39 is 0 Å². The van der Waals surface area contributed by atoms with Crippen molar-refractivity contribution in [1.82, 2.24) is 9.80 Å². The molecule has 1 aliphatic rings. The highest BCUT2D eigenvalue weighted by atomic mass is 35.5. The number of halogens is 1. The Kier molecular flexibility index (Phi) is 4.66. The maximum atomic E-state index is 6.58. The maximum Gasteiger partial charge on any atom is 0.0714 e. The highest BCUT2D eigenvalue weighted by molar-refractivity contribution is 6.21. The Balaban J connectivity index is 1.97. The van der Waals surface area contributed by atoms with E-state index in [4.69, 9.17) is 11.6 Å². The summed E-state index contributed by atoms with van der Waals surface area (Å²) in [6, 6.07) is 6.55. The molecule has 1 saturated heterocycles. The van der Waals surface area contributed by atoms with E-state index >= 15 is 0 Å².